The predicted octanol–water partition coefficient (Wildman–Crippen LogP) is 3.73. The number of halogens is 1. The maximum absolute atomic E-state index is 12.6. The van der Waals surface area contributed by atoms with E-state index in [2.05, 4.69) is 67.5 Å². The molecule has 0 bridgehead atoms. The molecular weight excluding hydrogens is 659 g/mol. The second-order valence-corrected chi connectivity index (χ2v) is 13.5. The number of anilines is 2. The lowest BCUT2D eigenvalue weighted by Gasteiger charge is -2.40. The third-order valence-corrected chi connectivity index (χ3v) is 8.47. The zero-order valence-electron chi connectivity index (χ0n) is 31.7. The minimum absolute atomic E-state index is 0.0644. The smallest absolute Gasteiger partial charge is 0.313 e. The summed E-state index contributed by atoms with van der Waals surface area (Å²) in [7, 11) is -1.00. The summed E-state index contributed by atoms with van der Waals surface area (Å²) in [4.78, 5) is 77.7. The molecule has 2 aliphatic rings. The lowest BCUT2D eigenvalue weighted by Crippen LogP contribution is -2.52. The minimum Gasteiger partial charge on any atom is -0.366 e. The normalized spacial score (nSPS) is 19.7. The fourth-order valence-corrected chi connectivity index (χ4v) is 5.51. The quantitative estimate of drug-likeness (QED) is 0.263. The second kappa shape index (κ2) is 22.1. The number of primary amides is 2. The van der Waals surface area contributed by atoms with Crippen LogP contribution in [0.5, 0.6) is 0 Å². The van der Waals surface area contributed by atoms with Crippen LogP contribution in [0.3, 0.4) is 0 Å². The van der Waals surface area contributed by atoms with Crippen molar-refractivity contribution < 1.29 is 34.5 Å². The minimum atomic E-state index is -1.00. The van der Waals surface area contributed by atoms with Crippen LogP contribution in [-0.2, 0) is 19.2 Å². The van der Waals surface area contributed by atoms with Crippen LogP contribution in [-0.4, -0.2) is 82.5 Å². The van der Waals surface area contributed by atoms with Gasteiger partial charge in [-0.25, -0.2) is 0 Å². The molecule has 0 radical (unpaired) electrons. The molecule has 2 saturated heterocycles. The average molecular weight is 716 g/mol. The van der Waals surface area contributed by atoms with Gasteiger partial charge in [-0.3, -0.25) is 43.1 Å². The Labute approximate surface area is 301 Å². The number of Topliss-reactive ketones (excluding diaryl/α,β-unsaturated/α-hetero) is 1. The summed E-state index contributed by atoms with van der Waals surface area (Å²) < 4.78 is 15.5. The number of nitrogens with one attached hydrogen (secondary N) is 3. The molecule has 2 aromatic heterocycles. The van der Waals surface area contributed by atoms with E-state index in [-0.39, 0.29) is 34.5 Å². The maximum Gasteiger partial charge on any atom is 0.313 e. The average Bonchev–Trinajstić information content (AvgIpc) is 3.09. The van der Waals surface area contributed by atoms with Gasteiger partial charge in [0.2, 0.25) is 17.6 Å². The summed E-state index contributed by atoms with van der Waals surface area (Å²) >= 11 is 0. The number of hydrogen-bond acceptors (Lipinski definition) is 9. The van der Waals surface area contributed by atoms with Crippen molar-refractivity contribution in [3.8, 4) is 0 Å². The number of ketones is 1. The fraction of sp³-hybridized carbons (Fsp3) is 0.556. The molecule has 4 heterocycles. The summed E-state index contributed by atoms with van der Waals surface area (Å²) in [5.41, 5.74) is 11.1. The Morgan fingerprint density at radius 3 is 1.73 bits per heavy atom. The molecule has 7 N–H and O–H groups in total. The van der Waals surface area contributed by atoms with Crippen LogP contribution in [0.4, 0.5) is 15.8 Å². The number of alkyl halides is 1. The first kappa shape index (κ1) is 42.4. The van der Waals surface area contributed by atoms with Crippen molar-refractivity contribution in [2.24, 2.45) is 35.1 Å². The van der Waals surface area contributed by atoms with E-state index >= 15 is 0 Å². The lowest BCUT2D eigenvalue weighted by atomic mass is 9.88. The van der Waals surface area contributed by atoms with Gasteiger partial charge in [0.25, 0.3) is 5.91 Å². The molecule has 51 heavy (non-hydrogen) atoms. The highest BCUT2D eigenvalue weighted by Crippen LogP contribution is 2.27. The van der Waals surface area contributed by atoms with Crippen LogP contribution in [0.25, 0.3) is 0 Å². The van der Waals surface area contributed by atoms with Gasteiger partial charge in [0.1, 0.15) is 0 Å². The number of likely N-dealkylation sites (tertiary alicyclic amines) is 1. The van der Waals surface area contributed by atoms with Crippen LogP contribution in [0, 0.1) is 23.7 Å². The monoisotopic (exact) mass is 715 g/mol. The predicted molar refractivity (Wildman–Crippen MR) is 194 cm³/mol. The van der Waals surface area contributed by atoms with Crippen molar-refractivity contribution in [1.82, 2.24) is 20.2 Å². The van der Waals surface area contributed by atoms with E-state index in [1.807, 2.05) is 0 Å². The summed E-state index contributed by atoms with van der Waals surface area (Å²) in [5.74, 6) is -1.59. The van der Waals surface area contributed by atoms with Crippen molar-refractivity contribution in [1.29, 1.82) is 0 Å². The van der Waals surface area contributed by atoms with Crippen molar-refractivity contribution >= 4 is 46.7 Å². The standard InChI is InChI=1S/C17H24N4O3.C9H9N3O3.C9H19N.CH3F/c1-10(2)14-5-4-11(3)9-21(14)17(24)16(23)20-13-6-12(15(18)22)7-19-8-13;1-5(13)9(15)12-7-2-6(8(10)14)3-11-4-7;1-7(2)9-5-4-8(3)6-10-9;1-2/h6-8,10-11,14H,4-5,9H2,1-3H3,(H2,18,22)(H,20,23);2-4H,1H3,(H2,10,14)(H,12,15);7-10H,4-6H2,1-3H3;1H3/t11-,14+;;;/m1.../s1/i;;;1D. The summed E-state index contributed by atoms with van der Waals surface area (Å²) in [6.07, 6.45) is 10.0. The second-order valence-electron chi connectivity index (χ2n) is 13.5. The molecule has 2 aliphatic heterocycles. The Kier molecular flexibility index (Phi) is 18.4. The van der Waals surface area contributed by atoms with Gasteiger partial charge in [0, 0.05) is 37.9 Å². The molecule has 2 aromatic rings. The third kappa shape index (κ3) is 15.3. The van der Waals surface area contributed by atoms with Crippen molar-refractivity contribution in [3.63, 3.8) is 0 Å². The zero-order chi connectivity index (χ0) is 39.5. The highest BCUT2D eigenvalue weighted by Gasteiger charge is 2.34. The summed E-state index contributed by atoms with van der Waals surface area (Å²) in [6, 6.07) is 3.60. The molecule has 0 aliphatic carbocycles. The summed E-state index contributed by atoms with van der Waals surface area (Å²) in [6.45, 7) is 16.1. The molecule has 0 spiro atoms. The summed E-state index contributed by atoms with van der Waals surface area (Å²) in [5, 5.41) is 8.35. The first-order valence-electron chi connectivity index (χ1n) is 17.6. The van der Waals surface area contributed by atoms with E-state index in [0.29, 0.717) is 12.5 Å². The topological polar surface area (TPSA) is 220 Å². The number of rotatable bonds is 7. The fourth-order valence-electron chi connectivity index (χ4n) is 5.51. The van der Waals surface area contributed by atoms with Crippen LogP contribution < -0.4 is 27.4 Å². The van der Waals surface area contributed by atoms with Gasteiger partial charge >= 0.3 is 11.8 Å². The van der Waals surface area contributed by atoms with Gasteiger partial charge < -0.3 is 32.3 Å². The first-order chi connectivity index (χ1) is 24.4. The molecule has 282 valence electrons. The maximum atomic E-state index is 12.6. The first-order valence-corrected chi connectivity index (χ1v) is 16.9. The van der Waals surface area contributed by atoms with Gasteiger partial charge in [0.05, 0.1) is 43.4 Å². The van der Waals surface area contributed by atoms with Crippen LogP contribution >= 0.6 is 0 Å². The van der Waals surface area contributed by atoms with E-state index in [0.717, 1.165) is 37.6 Å². The van der Waals surface area contributed by atoms with Gasteiger partial charge in [-0.05, 0) is 68.0 Å². The van der Waals surface area contributed by atoms with Crippen molar-refractivity contribution in [2.75, 3.05) is 30.9 Å². The Hall–Kier alpha value is -4.79. The van der Waals surface area contributed by atoms with Gasteiger partial charge in [-0.1, -0.05) is 41.5 Å². The lowest BCUT2D eigenvalue weighted by molar-refractivity contribution is -0.147. The van der Waals surface area contributed by atoms with E-state index in [9.17, 15) is 33.2 Å². The van der Waals surface area contributed by atoms with E-state index in [4.69, 9.17) is 12.8 Å². The van der Waals surface area contributed by atoms with Gasteiger partial charge in [-0.2, -0.15) is 0 Å². The number of piperidine rings is 2. The van der Waals surface area contributed by atoms with E-state index in [1.54, 1.807) is 4.90 Å². The molecular formula is C36H55FN8O6. The number of carbonyl (C=O) groups is 6. The third-order valence-electron chi connectivity index (χ3n) is 8.47. The number of carbonyl (C=O) groups excluding carboxylic acids is 6. The molecule has 15 heteroatoms. The van der Waals surface area contributed by atoms with Crippen molar-refractivity contribution in [2.45, 2.75) is 86.2 Å². The Morgan fingerprint density at radius 1 is 0.824 bits per heavy atom. The number of nitrogens with two attached hydrogens (primary N) is 2. The SMILES string of the molecule is CC(=O)C(=O)Nc1cncc(C(N)=O)c1.CC(C)[C@@H]1CC[C@@H](C)CN1C(=O)C(=O)Nc1cncc(C(N)=O)c1.CC1CCC(C(C)C)NC1.[2H]CF. The van der Waals surface area contributed by atoms with Crippen LogP contribution in [0.15, 0.2) is 36.9 Å². The molecule has 4 atom stereocenters. The molecule has 5 amide bonds. The highest BCUT2D eigenvalue weighted by molar-refractivity contribution is 6.40. The Balaban J connectivity index is 0.000000410. The Bertz CT molecular complexity index is 1500. The van der Waals surface area contributed by atoms with Gasteiger partial charge in [-0.15, -0.1) is 0 Å². The van der Waals surface area contributed by atoms with Crippen LogP contribution in [0.1, 0.15) is 96.2 Å². The molecule has 2 unspecified atom stereocenters. The highest BCUT2D eigenvalue weighted by atomic mass is 19.1. The number of amides is 5. The number of pyridine rings is 2. The largest absolute Gasteiger partial charge is 0.366 e. The molecule has 2 fully saturated rings. The van der Waals surface area contributed by atoms with E-state index < -0.39 is 42.5 Å². The molecule has 4 rings (SSSR count). The van der Waals surface area contributed by atoms with Gasteiger partial charge in [0.15, 0.2) is 0 Å². The van der Waals surface area contributed by atoms with Crippen molar-refractivity contribution in [3.05, 3.63) is 48.0 Å². The number of aromatic nitrogens is 2. The van der Waals surface area contributed by atoms with E-state index in [1.165, 1.54) is 56.3 Å². The number of nitrogens with zero attached hydrogens (tertiary/aromatic N) is 3. The molecule has 14 nitrogen and oxygen atoms in total. The zero-order valence-corrected chi connectivity index (χ0v) is 30.7. The molecule has 0 aromatic carbocycles. The molecule has 0 saturated carbocycles. The Morgan fingerprint density at radius 2 is 1.31 bits per heavy atom. The van der Waals surface area contributed by atoms with Crippen LogP contribution in [0.2, 0.25) is 0 Å². The number of hydrogen-bond donors (Lipinski definition) is 5.